The van der Waals surface area contributed by atoms with Crippen LogP contribution in [0.4, 0.5) is 0 Å². The number of halogens is 1. The number of sulfonamides is 1. The van der Waals surface area contributed by atoms with Gasteiger partial charge in [-0.25, -0.2) is 13.1 Å². The molecule has 3 rings (SSSR count). The van der Waals surface area contributed by atoms with Crippen molar-refractivity contribution in [1.82, 2.24) is 19.5 Å². The molecule has 0 aliphatic carbocycles. The van der Waals surface area contributed by atoms with Crippen molar-refractivity contribution in [3.63, 3.8) is 0 Å². The first kappa shape index (κ1) is 17.6. The van der Waals surface area contributed by atoms with E-state index in [9.17, 15) is 8.42 Å². The van der Waals surface area contributed by atoms with E-state index in [4.69, 9.17) is 11.6 Å². The van der Waals surface area contributed by atoms with Crippen molar-refractivity contribution in [3.8, 4) is 11.3 Å². The molecule has 0 amide bonds. The maximum atomic E-state index is 12.3. The zero-order valence-electron chi connectivity index (χ0n) is 13.6. The zero-order valence-corrected chi connectivity index (χ0v) is 15.1. The Morgan fingerprint density at radius 3 is 2.72 bits per heavy atom. The van der Waals surface area contributed by atoms with Crippen LogP contribution in [0.15, 0.2) is 55.0 Å². The van der Waals surface area contributed by atoms with Crippen molar-refractivity contribution in [3.05, 3.63) is 71.1 Å². The molecule has 130 valence electrons. The number of hydrogen-bond donors (Lipinski definition) is 1. The van der Waals surface area contributed by atoms with E-state index in [1.165, 1.54) is 0 Å². The van der Waals surface area contributed by atoms with E-state index in [-0.39, 0.29) is 12.3 Å². The topological polar surface area (TPSA) is 76.9 Å². The quantitative estimate of drug-likeness (QED) is 0.717. The van der Waals surface area contributed by atoms with E-state index in [0.717, 1.165) is 16.8 Å². The molecule has 0 aliphatic heterocycles. The van der Waals surface area contributed by atoms with Crippen LogP contribution >= 0.6 is 11.6 Å². The number of nitrogens with zero attached hydrogens (tertiary/aromatic N) is 3. The van der Waals surface area contributed by atoms with E-state index >= 15 is 0 Å². The summed E-state index contributed by atoms with van der Waals surface area (Å²) in [5.41, 5.74) is 3.12. The van der Waals surface area contributed by atoms with Crippen molar-refractivity contribution in [2.75, 3.05) is 0 Å². The van der Waals surface area contributed by atoms with Crippen LogP contribution < -0.4 is 4.72 Å². The van der Waals surface area contributed by atoms with Gasteiger partial charge in [-0.3, -0.25) is 9.67 Å². The highest BCUT2D eigenvalue weighted by Gasteiger charge is 2.14. The summed E-state index contributed by atoms with van der Waals surface area (Å²) >= 11 is 6.03. The average Bonchev–Trinajstić information content (AvgIpc) is 3.01. The summed E-state index contributed by atoms with van der Waals surface area (Å²) in [5, 5.41) is 4.57. The molecule has 0 fully saturated rings. The van der Waals surface area contributed by atoms with Gasteiger partial charge in [-0.15, -0.1) is 0 Å². The number of aryl methyl sites for hydroxylation is 1. The van der Waals surface area contributed by atoms with E-state index in [1.54, 1.807) is 47.5 Å². The minimum atomic E-state index is -3.51. The standard InChI is InChI=1S/C17H17ClN4O2S/c1-22-17(6-7-20-22)15-8-13(9-19-11-15)10-21-25(23,24)12-14-4-2-3-5-16(14)18/h2-9,11,21H,10,12H2,1H3. The smallest absolute Gasteiger partial charge is 0.216 e. The fourth-order valence-electron chi connectivity index (χ4n) is 2.45. The van der Waals surface area contributed by atoms with Gasteiger partial charge in [0.15, 0.2) is 0 Å². The monoisotopic (exact) mass is 376 g/mol. The summed E-state index contributed by atoms with van der Waals surface area (Å²) in [4.78, 5) is 4.18. The summed E-state index contributed by atoms with van der Waals surface area (Å²) in [6.07, 6.45) is 5.06. The first-order valence-electron chi connectivity index (χ1n) is 7.58. The number of aromatic nitrogens is 3. The molecule has 2 heterocycles. The van der Waals surface area contributed by atoms with Gasteiger partial charge in [-0.1, -0.05) is 29.8 Å². The number of rotatable bonds is 6. The molecule has 25 heavy (non-hydrogen) atoms. The zero-order chi connectivity index (χ0) is 17.9. The maximum Gasteiger partial charge on any atom is 0.216 e. The van der Waals surface area contributed by atoms with Gasteiger partial charge < -0.3 is 0 Å². The molecule has 0 unspecified atom stereocenters. The lowest BCUT2D eigenvalue weighted by Crippen LogP contribution is -2.24. The predicted molar refractivity (Wildman–Crippen MR) is 97.4 cm³/mol. The van der Waals surface area contributed by atoms with Crippen molar-refractivity contribution in [2.24, 2.45) is 7.05 Å². The van der Waals surface area contributed by atoms with Crippen molar-refractivity contribution in [1.29, 1.82) is 0 Å². The Balaban J connectivity index is 1.71. The third kappa shape index (κ3) is 4.45. The van der Waals surface area contributed by atoms with E-state index in [0.29, 0.717) is 10.6 Å². The highest BCUT2D eigenvalue weighted by atomic mass is 35.5. The molecule has 2 aromatic heterocycles. The van der Waals surface area contributed by atoms with E-state index < -0.39 is 10.0 Å². The Bertz CT molecular complexity index is 986. The molecule has 0 bridgehead atoms. The van der Waals surface area contributed by atoms with Crippen LogP contribution in [0.1, 0.15) is 11.1 Å². The van der Waals surface area contributed by atoms with Crippen molar-refractivity contribution in [2.45, 2.75) is 12.3 Å². The highest BCUT2D eigenvalue weighted by Crippen LogP contribution is 2.19. The number of hydrogen-bond acceptors (Lipinski definition) is 4. The lowest BCUT2D eigenvalue weighted by atomic mass is 10.1. The van der Waals surface area contributed by atoms with Gasteiger partial charge in [0.05, 0.1) is 11.4 Å². The Hall–Kier alpha value is -2.22. The van der Waals surface area contributed by atoms with Gasteiger partial charge in [-0.05, 0) is 29.3 Å². The van der Waals surface area contributed by atoms with E-state index in [2.05, 4.69) is 14.8 Å². The molecule has 1 aromatic carbocycles. The second-order valence-electron chi connectivity index (χ2n) is 5.59. The average molecular weight is 377 g/mol. The summed E-state index contributed by atoms with van der Waals surface area (Å²) in [7, 11) is -1.67. The fourth-order valence-corrected chi connectivity index (χ4v) is 3.88. The van der Waals surface area contributed by atoms with Gasteiger partial charge >= 0.3 is 0 Å². The molecular formula is C17H17ClN4O2S. The van der Waals surface area contributed by atoms with Crippen LogP contribution in [0.2, 0.25) is 5.02 Å². The minimum absolute atomic E-state index is 0.158. The van der Waals surface area contributed by atoms with Gasteiger partial charge in [0.1, 0.15) is 0 Å². The molecule has 8 heteroatoms. The number of nitrogens with one attached hydrogen (secondary N) is 1. The second-order valence-corrected chi connectivity index (χ2v) is 7.81. The normalized spacial score (nSPS) is 11.6. The maximum absolute atomic E-state index is 12.3. The van der Waals surface area contributed by atoms with Crippen LogP contribution in [0.3, 0.4) is 0 Å². The minimum Gasteiger partial charge on any atom is -0.268 e. The predicted octanol–water partition coefficient (Wildman–Crippen LogP) is 2.76. The van der Waals surface area contributed by atoms with Crippen molar-refractivity contribution < 1.29 is 8.42 Å². The van der Waals surface area contributed by atoms with Gasteiger partial charge in [-0.2, -0.15) is 5.10 Å². The van der Waals surface area contributed by atoms with Crippen LogP contribution in [0, 0.1) is 0 Å². The van der Waals surface area contributed by atoms with Gasteiger partial charge in [0.25, 0.3) is 0 Å². The molecule has 1 N–H and O–H groups in total. The Morgan fingerprint density at radius 1 is 1.20 bits per heavy atom. The highest BCUT2D eigenvalue weighted by molar-refractivity contribution is 7.88. The van der Waals surface area contributed by atoms with Crippen LogP contribution in [-0.4, -0.2) is 23.2 Å². The molecule has 0 saturated heterocycles. The largest absolute Gasteiger partial charge is 0.268 e. The lowest BCUT2D eigenvalue weighted by Gasteiger charge is -2.09. The van der Waals surface area contributed by atoms with Crippen LogP contribution in [0.25, 0.3) is 11.3 Å². The molecule has 3 aromatic rings. The molecule has 0 spiro atoms. The fraction of sp³-hybridized carbons (Fsp3) is 0.176. The summed E-state index contributed by atoms with van der Waals surface area (Å²) in [5.74, 6) is -0.165. The molecule has 0 atom stereocenters. The second kappa shape index (κ2) is 7.35. The Labute approximate surface area is 151 Å². The van der Waals surface area contributed by atoms with Crippen LogP contribution in [-0.2, 0) is 29.4 Å². The summed E-state index contributed by atoms with van der Waals surface area (Å²) in [6, 6.07) is 10.7. The SMILES string of the molecule is Cn1nccc1-c1cncc(CNS(=O)(=O)Cc2ccccc2Cl)c1. The number of pyridine rings is 1. The molecule has 6 nitrogen and oxygen atoms in total. The summed E-state index contributed by atoms with van der Waals surface area (Å²) in [6.45, 7) is 0.158. The Morgan fingerprint density at radius 2 is 2.00 bits per heavy atom. The van der Waals surface area contributed by atoms with Crippen LogP contribution in [0.5, 0.6) is 0 Å². The molecule has 0 saturated carbocycles. The third-order valence-electron chi connectivity index (χ3n) is 3.71. The van der Waals surface area contributed by atoms with Gasteiger partial charge in [0, 0.05) is 42.8 Å². The lowest BCUT2D eigenvalue weighted by molar-refractivity contribution is 0.580. The molecular weight excluding hydrogens is 360 g/mol. The third-order valence-corrected chi connectivity index (χ3v) is 5.36. The Kier molecular flexibility index (Phi) is 5.17. The van der Waals surface area contributed by atoms with E-state index in [1.807, 2.05) is 19.2 Å². The van der Waals surface area contributed by atoms with Gasteiger partial charge in [0.2, 0.25) is 10.0 Å². The first-order valence-corrected chi connectivity index (χ1v) is 9.61. The molecule has 0 aliphatic rings. The number of benzene rings is 1. The summed E-state index contributed by atoms with van der Waals surface area (Å²) < 4.78 is 28.9. The molecule has 0 radical (unpaired) electrons. The van der Waals surface area contributed by atoms with Crippen molar-refractivity contribution >= 4 is 21.6 Å². The first-order chi connectivity index (χ1) is 11.9.